The molecule has 0 atom stereocenters. The van der Waals surface area contributed by atoms with Gasteiger partial charge in [0, 0.05) is 61.9 Å². The molecule has 7 heteroatoms. The standard InChI is InChI=1S/C26H19N5O2/c32-31(33)24-9-1-16(2-10-24)25-14-23-13-21-6-5-19(28-21)11-17-3-4-18(27-17)12-20-7-8-22(29-20)15-26(25)30-23/h1-15,27-30H. The van der Waals surface area contributed by atoms with Gasteiger partial charge in [-0.3, -0.25) is 10.1 Å². The molecule has 0 fully saturated rings. The largest absolute Gasteiger partial charge is 0.355 e. The maximum absolute atomic E-state index is 11.1. The van der Waals surface area contributed by atoms with E-state index in [2.05, 4.69) is 44.2 Å². The Morgan fingerprint density at radius 3 is 1.70 bits per heavy atom. The van der Waals surface area contributed by atoms with Crippen molar-refractivity contribution in [2.45, 2.75) is 0 Å². The average Bonchev–Trinajstić information content (AvgIpc) is 3.59. The molecule has 0 unspecified atom stereocenters. The van der Waals surface area contributed by atoms with E-state index in [0.29, 0.717) is 0 Å². The Kier molecular flexibility index (Phi) is 4.26. The van der Waals surface area contributed by atoms with Crippen LogP contribution in [-0.2, 0) is 0 Å². The molecule has 1 aliphatic heterocycles. The van der Waals surface area contributed by atoms with Gasteiger partial charge in [-0.15, -0.1) is 0 Å². The fraction of sp³-hybridized carbons (Fsp3) is 0. The molecular weight excluding hydrogens is 414 g/mol. The molecule has 160 valence electrons. The zero-order valence-corrected chi connectivity index (χ0v) is 17.4. The van der Waals surface area contributed by atoms with Crippen molar-refractivity contribution in [2.75, 3.05) is 0 Å². The second-order valence-corrected chi connectivity index (χ2v) is 8.04. The van der Waals surface area contributed by atoms with Crippen LogP contribution in [0.3, 0.4) is 0 Å². The van der Waals surface area contributed by atoms with E-state index in [-0.39, 0.29) is 10.6 Å². The van der Waals surface area contributed by atoms with Gasteiger partial charge < -0.3 is 19.9 Å². The number of hydrogen-bond acceptors (Lipinski definition) is 2. The first-order valence-corrected chi connectivity index (χ1v) is 10.5. The minimum Gasteiger partial charge on any atom is -0.355 e. The zero-order valence-electron chi connectivity index (χ0n) is 17.4. The van der Waals surface area contributed by atoms with Crippen molar-refractivity contribution in [1.82, 2.24) is 19.9 Å². The fourth-order valence-electron chi connectivity index (χ4n) is 4.14. The molecule has 5 heterocycles. The van der Waals surface area contributed by atoms with Crippen molar-refractivity contribution in [1.29, 1.82) is 0 Å². The van der Waals surface area contributed by atoms with E-state index < -0.39 is 0 Å². The summed E-state index contributed by atoms with van der Waals surface area (Å²) in [7, 11) is 0. The van der Waals surface area contributed by atoms with Gasteiger partial charge in [-0.1, -0.05) is 0 Å². The smallest absolute Gasteiger partial charge is 0.269 e. The third-order valence-corrected chi connectivity index (χ3v) is 5.68. The van der Waals surface area contributed by atoms with Crippen LogP contribution in [0.1, 0.15) is 22.8 Å². The van der Waals surface area contributed by atoms with Gasteiger partial charge in [0.05, 0.1) is 4.92 Å². The Balaban J connectivity index is 1.58. The maximum atomic E-state index is 11.1. The lowest BCUT2D eigenvalue weighted by molar-refractivity contribution is -0.384. The minimum atomic E-state index is -0.385. The summed E-state index contributed by atoms with van der Waals surface area (Å²) < 4.78 is 0. The maximum Gasteiger partial charge on any atom is 0.269 e. The lowest BCUT2D eigenvalue weighted by Crippen LogP contribution is -2.11. The molecular formula is C26H19N5O2. The molecule has 0 amide bonds. The summed E-state index contributed by atoms with van der Waals surface area (Å²) in [5.74, 6) is 0. The molecule has 5 aromatic rings. The second-order valence-electron chi connectivity index (χ2n) is 8.04. The predicted octanol–water partition coefficient (Wildman–Crippen LogP) is 2.20. The molecule has 0 radical (unpaired) electrons. The Morgan fingerprint density at radius 2 is 1.12 bits per heavy atom. The number of nitro benzene ring substituents is 1. The predicted molar refractivity (Wildman–Crippen MR) is 128 cm³/mol. The van der Waals surface area contributed by atoms with Crippen LogP contribution in [0.4, 0.5) is 5.69 Å². The number of rotatable bonds is 2. The summed E-state index contributed by atoms with van der Waals surface area (Å²) in [6.45, 7) is 0. The molecule has 0 saturated heterocycles. The van der Waals surface area contributed by atoms with Crippen molar-refractivity contribution in [3.05, 3.63) is 121 Å². The summed E-state index contributed by atoms with van der Waals surface area (Å²) in [5, 5.41) is 14.9. The van der Waals surface area contributed by atoms with Gasteiger partial charge in [0.15, 0.2) is 0 Å². The molecule has 0 aliphatic carbocycles. The monoisotopic (exact) mass is 433 g/mol. The Morgan fingerprint density at radius 1 is 0.576 bits per heavy atom. The van der Waals surface area contributed by atoms with Crippen molar-refractivity contribution >= 4 is 30.0 Å². The van der Waals surface area contributed by atoms with E-state index in [1.807, 2.05) is 42.5 Å². The van der Waals surface area contributed by atoms with E-state index in [1.54, 1.807) is 12.1 Å². The average molecular weight is 433 g/mol. The highest BCUT2D eigenvalue weighted by atomic mass is 16.6. The Labute approximate surface area is 187 Å². The number of nitrogens with one attached hydrogen (secondary N) is 4. The summed E-state index contributed by atoms with van der Waals surface area (Å²) in [6, 6.07) is 20.9. The van der Waals surface area contributed by atoms with Gasteiger partial charge in [-0.25, -0.2) is 0 Å². The summed E-state index contributed by atoms with van der Waals surface area (Å²) in [6.07, 6.45) is 8.22. The van der Waals surface area contributed by atoms with E-state index in [4.69, 9.17) is 0 Å². The summed E-state index contributed by atoms with van der Waals surface area (Å²) in [4.78, 5) is 24.4. The second kappa shape index (κ2) is 7.42. The van der Waals surface area contributed by atoms with E-state index in [9.17, 15) is 10.1 Å². The van der Waals surface area contributed by atoms with Crippen LogP contribution in [0, 0.1) is 10.1 Å². The Hall–Kier alpha value is -4.78. The molecule has 0 saturated carbocycles. The van der Waals surface area contributed by atoms with Gasteiger partial charge in [0.25, 0.3) is 5.69 Å². The van der Waals surface area contributed by atoms with Crippen molar-refractivity contribution in [3.8, 4) is 11.1 Å². The van der Waals surface area contributed by atoms with Crippen molar-refractivity contribution in [2.24, 2.45) is 0 Å². The third-order valence-electron chi connectivity index (χ3n) is 5.68. The fourth-order valence-corrected chi connectivity index (χ4v) is 4.14. The van der Waals surface area contributed by atoms with Crippen LogP contribution >= 0.6 is 0 Å². The number of aromatic amines is 4. The van der Waals surface area contributed by atoms with E-state index in [1.165, 1.54) is 12.1 Å². The van der Waals surface area contributed by atoms with Gasteiger partial charge >= 0.3 is 0 Å². The van der Waals surface area contributed by atoms with Gasteiger partial charge in [0.2, 0.25) is 0 Å². The molecule has 1 aromatic carbocycles. The number of non-ortho nitro benzene ring substituents is 1. The molecule has 4 N–H and O–H groups in total. The zero-order chi connectivity index (χ0) is 22.4. The minimum absolute atomic E-state index is 0.0733. The van der Waals surface area contributed by atoms with Crippen LogP contribution in [-0.4, -0.2) is 24.9 Å². The van der Waals surface area contributed by atoms with Crippen molar-refractivity contribution in [3.63, 3.8) is 0 Å². The molecule has 0 spiro atoms. The van der Waals surface area contributed by atoms with Gasteiger partial charge in [0.1, 0.15) is 0 Å². The van der Waals surface area contributed by atoms with Crippen molar-refractivity contribution < 1.29 is 4.92 Å². The van der Waals surface area contributed by atoms with Crippen LogP contribution in [0.15, 0.2) is 66.7 Å². The quantitative estimate of drug-likeness (QED) is 0.248. The highest BCUT2D eigenvalue weighted by Gasteiger charge is 2.08. The van der Waals surface area contributed by atoms with E-state index in [0.717, 1.165) is 55.3 Å². The summed E-state index contributed by atoms with van der Waals surface area (Å²) >= 11 is 0. The number of nitro groups is 1. The van der Waals surface area contributed by atoms with Crippen LogP contribution in [0.25, 0.3) is 35.4 Å². The number of benzene rings is 1. The number of hydrogen-bond donors (Lipinski definition) is 4. The van der Waals surface area contributed by atoms with Crippen LogP contribution < -0.4 is 21.4 Å². The van der Waals surface area contributed by atoms with Gasteiger partial charge in [-0.2, -0.15) is 0 Å². The van der Waals surface area contributed by atoms with Crippen LogP contribution in [0.2, 0.25) is 0 Å². The van der Waals surface area contributed by atoms with Crippen LogP contribution in [0.5, 0.6) is 0 Å². The van der Waals surface area contributed by atoms with Gasteiger partial charge in [-0.05, 0) is 84.5 Å². The highest BCUT2D eigenvalue weighted by molar-refractivity contribution is 5.69. The highest BCUT2D eigenvalue weighted by Crippen LogP contribution is 2.19. The van der Waals surface area contributed by atoms with E-state index >= 15 is 0 Å². The molecule has 8 bridgehead atoms. The summed E-state index contributed by atoms with van der Waals surface area (Å²) in [5.41, 5.74) is 5.84. The number of nitrogens with zero attached hydrogens (tertiary/aromatic N) is 1. The molecule has 6 rings (SSSR count). The number of fused-ring (bicyclic) bond motifs is 8. The normalized spacial score (nSPS) is 12.2. The number of H-pyrrole nitrogens is 4. The molecule has 33 heavy (non-hydrogen) atoms. The lowest BCUT2D eigenvalue weighted by atomic mass is 10.1. The number of aromatic nitrogens is 4. The molecule has 4 aromatic heterocycles. The first-order chi connectivity index (χ1) is 16.1. The molecule has 7 nitrogen and oxygen atoms in total. The lowest BCUT2D eigenvalue weighted by Gasteiger charge is -1.98. The topological polar surface area (TPSA) is 106 Å². The Bertz CT molecular complexity index is 1740. The first kappa shape index (κ1) is 18.9. The SMILES string of the molecule is O=[N+]([O-])c1ccc(-c2cc3[nH]c2=Cc2ccc([nH]2)C=c2ccc([nH]2)=Cc2ccc([nH]2)C=3)cc1. The third kappa shape index (κ3) is 3.72. The first-order valence-electron chi connectivity index (χ1n) is 10.5. The molecule has 1 aliphatic rings.